The van der Waals surface area contributed by atoms with Crippen LogP contribution >= 0.6 is 7.60 Å². The van der Waals surface area contributed by atoms with Gasteiger partial charge in [-0.15, -0.1) is 0 Å². The lowest BCUT2D eigenvalue weighted by Gasteiger charge is -2.31. The fraction of sp³-hybridized carbons (Fsp3) is 0.360. The second-order valence-corrected chi connectivity index (χ2v) is 17.9. The number of hydrogen-bond acceptors (Lipinski definition) is 11. The van der Waals surface area contributed by atoms with Gasteiger partial charge in [0.25, 0.3) is 5.91 Å². The number of amides is 3. The van der Waals surface area contributed by atoms with Gasteiger partial charge in [-0.05, 0) is 92.3 Å². The van der Waals surface area contributed by atoms with E-state index < -0.39 is 43.2 Å². The maximum Gasteiger partial charge on any atom is 0.363 e. The zero-order chi connectivity index (χ0) is 46.9. The maximum atomic E-state index is 15.1. The van der Waals surface area contributed by atoms with Gasteiger partial charge in [-0.3, -0.25) is 18.9 Å². The van der Waals surface area contributed by atoms with Gasteiger partial charge in [0.05, 0.1) is 55.0 Å². The number of furan rings is 1. The van der Waals surface area contributed by atoms with Crippen LogP contribution in [-0.2, 0) is 41.3 Å². The number of rotatable bonds is 25. The smallest absolute Gasteiger partial charge is 0.363 e. The molecule has 2 N–H and O–H groups in total. The van der Waals surface area contributed by atoms with E-state index in [1.807, 2.05) is 79.4 Å². The zero-order valence-electron chi connectivity index (χ0n) is 37.6. The molecule has 16 heteroatoms. The summed E-state index contributed by atoms with van der Waals surface area (Å²) in [6.07, 6.45) is 5.21. The number of carbonyl (C=O) groups is 4. The summed E-state index contributed by atoms with van der Waals surface area (Å²) in [5, 5.41) is 6.43. The Bertz CT molecular complexity index is 2380. The molecule has 66 heavy (non-hydrogen) atoms. The van der Waals surface area contributed by atoms with Crippen LogP contribution in [0.4, 0.5) is 10.1 Å². The Hall–Kier alpha value is -6.28. The minimum Gasteiger partial charge on any atom is -0.494 e. The van der Waals surface area contributed by atoms with Crippen LogP contribution in [0.1, 0.15) is 97.8 Å². The molecule has 0 bridgehead atoms. The lowest BCUT2D eigenvalue weighted by molar-refractivity contribution is -0.171. The molecule has 0 radical (unpaired) electrons. The second kappa shape index (κ2) is 24.3. The first-order valence-electron chi connectivity index (χ1n) is 22.5. The zero-order valence-corrected chi connectivity index (χ0v) is 38.5. The van der Waals surface area contributed by atoms with Gasteiger partial charge >= 0.3 is 13.6 Å². The fourth-order valence-corrected chi connectivity index (χ4v) is 9.34. The summed E-state index contributed by atoms with van der Waals surface area (Å²) >= 11 is 0. The van der Waals surface area contributed by atoms with Crippen molar-refractivity contribution in [1.82, 2.24) is 15.7 Å². The van der Waals surface area contributed by atoms with Crippen molar-refractivity contribution >= 4 is 42.8 Å². The highest BCUT2D eigenvalue weighted by Crippen LogP contribution is 2.50. The molecular formula is C50H58FN4O10P. The van der Waals surface area contributed by atoms with Crippen LogP contribution in [0.15, 0.2) is 114 Å². The predicted octanol–water partition coefficient (Wildman–Crippen LogP) is 9.35. The summed E-state index contributed by atoms with van der Waals surface area (Å²) in [7, 11) is -4.00. The van der Waals surface area contributed by atoms with Crippen molar-refractivity contribution in [2.45, 2.75) is 85.0 Å². The Kier molecular flexibility index (Phi) is 18.1. The first-order valence-corrected chi connectivity index (χ1v) is 24.0. The van der Waals surface area contributed by atoms with Crippen LogP contribution in [0.5, 0.6) is 5.75 Å². The Labute approximate surface area is 385 Å². The summed E-state index contributed by atoms with van der Waals surface area (Å²) < 4.78 is 53.8. The lowest BCUT2D eigenvalue weighted by atomic mass is 9.90. The van der Waals surface area contributed by atoms with Gasteiger partial charge in [-0.1, -0.05) is 93.8 Å². The first kappa shape index (κ1) is 49.2. The number of nitrogens with one attached hydrogen (secondary N) is 2. The van der Waals surface area contributed by atoms with Gasteiger partial charge in [0, 0.05) is 18.7 Å². The van der Waals surface area contributed by atoms with Crippen LogP contribution in [0, 0.1) is 11.7 Å². The molecule has 0 spiro atoms. The molecule has 14 nitrogen and oxygen atoms in total. The molecule has 1 aliphatic heterocycles. The van der Waals surface area contributed by atoms with Crippen LogP contribution < -0.4 is 25.6 Å². The molecule has 2 atom stereocenters. The number of halogens is 1. The molecule has 4 aromatic carbocycles. The topological polar surface area (TPSA) is 166 Å². The Balaban J connectivity index is 1.13. The monoisotopic (exact) mass is 924 g/mol. The molecule has 0 aliphatic carbocycles. The quantitative estimate of drug-likeness (QED) is 0.0188. The van der Waals surface area contributed by atoms with Crippen LogP contribution in [-0.4, -0.2) is 61.7 Å². The average molecular weight is 925 g/mol. The van der Waals surface area contributed by atoms with E-state index in [9.17, 15) is 23.7 Å². The molecular weight excluding hydrogens is 867 g/mol. The van der Waals surface area contributed by atoms with E-state index in [1.54, 1.807) is 31.2 Å². The fourth-order valence-electron chi connectivity index (χ4n) is 7.75. The van der Waals surface area contributed by atoms with Crippen molar-refractivity contribution in [2.75, 3.05) is 31.3 Å². The van der Waals surface area contributed by atoms with Gasteiger partial charge in [0.15, 0.2) is 5.76 Å². The van der Waals surface area contributed by atoms with Crippen molar-refractivity contribution in [1.29, 1.82) is 0 Å². The highest BCUT2D eigenvalue weighted by Gasteiger charge is 2.34. The van der Waals surface area contributed by atoms with E-state index in [2.05, 4.69) is 10.6 Å². The van der Waals surface area contributed by atoms with Crippen LogP contribution in [0.25, 0.3) is 11.3 Å². The predicted molar refractivity (Wildman–Crippen MR) is 248 cm³/mol. The molecule has 1 aromatic heterocycles. The SMILES string of the molecule is CCCCC[C@@H](C(=O)NCNC(=O)c1ccc(-c2cc(OCC)cc(P(=O)(OCc3ccccc3)OCc3ccccc3)c2)o1)[C@@H](CC)N(C=O)OC(=O)c1ccc(N2CCCC2)c(F)c1. The van der Waals surface area contributed by atoms with Gasteiger partial charge in [0.1, 0.15) is 17.3 Å². The number of carbonyl (C=O) groups excluding carboxylic acids is 4. The Morgan fingerprint density at radius 3 is 2.14 bits per heavy atom. The van der Waals surface area contributed by atoms with Crippen molar-refractivity contribution in [3.05, 3.63) is 137 Å². The van der Waals surface area contributed by atoms with Gasteiger partial charge in [-0.25, -0.2) is 9.18 Å². The highest BCUT2D eigenvalue weighted by atomic mass is 31.2. The first-order chi connectivity index (χ1) is 32.0. The van der Waals surface area contributed by atoms with Crippen LogP contribution in [0.3, 0.4) is 0 Å². The molecule has 0 saturated carbocycles. The van der Waals surface area contributed by atoms with Crippen molar-refractivity contribution in [2.24, 2.45) is 5.92 Å². The second-order valence-electron chi connectivity index (χ2n) is 15.8. The van der Waals surface area contributed by atoms with E-state index in [-0.39, 0.29) is 48.7 Å². The minimum absolute atomic E-state index is 0.0143. The summed E-state index contributed by atoms with van der Waals surface area (Å²) in [5.41, 5.74) is 2.37. The number of ether oxygens (including phenoxy) is 1. The third kappa shape index (κ3) is 13.2. The highest BCUT2D eigenvalue weighted by molar-refractivity contribution is 7.62. The molecule has 3 amide bonds. The number of nitrogens with zero attached hydrogens (tertiary/aromatic N) is 2. The normalized spacial score (nSPS) is 13.4. The van der Waals surface area contributed by atoms with Gasteiger partial charge in [0.2, 0.25) is 12.3 Å². The summed E-state index contributed by atoms with van der Waals surface area (Å²) in [6, 6.07) is 29.8. The molecule has 5 aromatic rings. The number of hydroxylamine groups is 2. The number of hydrogen-bond donors (Lipinski definition) is 2. The van der Waals surface area contributed by atoms with E-state index in [4.69, 9.17) is 23.0 Å². The Morgan fingerprint density at radius 1 is 0.848 bits per heavy atom. The van der Waals surface area contributed by atoms with E-state index in [1.165, 1.54) is 18.2 Å². The average Bonchev–Trinajstić information content (AvgIpc) is 4.07. The maximum absolute atomic E-state index is 15.1. The van der Waals surface area contributed by atoms with Crippen molar-refractivity contribution in [3.63, 3.8) is 0 Å². The Morgan fingerprint density at radius 2 is 1.53 bits per heavy atom. The third-order valence-corrected chi connectivity index (χ3v) is 13.0. The summed E-state index contributed by atoms with van der Waals surface area (Å²) in [6.45, 7) is 7.10. The lowest BCUT2D eigenvalue weighted by Crippen LogP contribution is -2.49. The third-order valence-electron chi connectivity index (χ3n) is 11.2. The minimum atomic E-state index is -4.00. The largest absolute Gasteiger partial charge is 0.494 e. The van der Waals surface area contributed by atoms with Gasteiger partial charge in [-0.2, -0.15) is 5.06 Å². The van der Waals surface area contributed by atoms with Crippen LogP contribution in [0.2, 0.25) is 0 Å². The van der Waals surface area contributed by atoms with Crippen molar-refractivity contribution in [3.8, 4) is 17.1 Å². The summed E-state index contributed by atoms with van der Waals surface area (Å²) in [4.78, 5) is 60.2. The van der Waals surface area contributed by atoms with E-state index >= 15 is 4.39 Å². The molecule has 1 saturated heterocycles. The summed E-state index contributed by atoms with van der Waals surface area (Å²) in [5.74, 6) is -2.86. The molecule has 0 unspecified atom stereocenters. The molecule has 1 aliphatic rings. The van der Waals surface area contributed by atoms with Crippen molar-refractivity contribution < 1.29 is 51.2 Å². The van der Waals surface area contributed by atoms with E-state index in [0.717, 1.165) is 61.0 Å². The molecule has 1 fully saturated rings. The van der Waals surface area contributed by atoms with Gasteiger partial charge < -0.3 is 38.6 Å². The number of unbranched alkanes of at least 4 members (excludes halogenated alkanes) is 2. The number of benzene rings is 4. The number of anilines is 1. The molecule has 350 valence electrons. The standard InChI is InChI=1S/C50H58FN4O10P/c1-4-7-10-21-42(44(5-2)55(35-56)65-50(59)38-22-23-45(43(51)30-38)54-26-15-16-27-54)48(57)52-34-53-49(58)47-25-24-46(64-47)39-28-40(61-6-3)31-41(29-39)66(60,62-32-36-17-11-8-12-18-36)63-33-37-19-13-9-14-20-37/h8-9,11-14,17-20,22-25,28-31,35,42,44H,4-7,10,15-16,21,26-27,32-34H2,1-3H3,(H,52,57)(H,53,58)/t42-,44-/m1/s1. The molecule has 2 heterocycles. The molecule has 6 rings (SSSR count). The van der Waals surface area contributed by atoms with E-state index in [0.29, 0.717) is 42.9 Å².